The zero-order chi connectivity index (χ0) is 16.7. The summed E-state index contributed by atoms with van der Waals surface area (Å²) in [5.74, 6) is -0.954. The standard InChI is InChI=1S/C17H18N2O4/c1-23-14-9-7-13(8-10-14)19-17(22)16(21)18-11-15(20)12-5-3-2-4-6-12/h2-10,15,20H,11H2,1H3,(H,18,21)(H,19,22)/t15-/m0/s1. The van der Waals surface area contributed by atoms with Crippen LogP contribution in [0.3, 0.4) is 0 Å². The fourth-order valence-corrected chi connectivity index (χ4v) is 1.92. The van der Waals surface area contributed by atoms with Gasteiger partial charge in [0.25, 0.3) is 0 Å². The van der Waals surface area contributed by atoms with Crippen LogP contribution in [0, 0.1) is 0 Å². The number of nitrogens with one attached hydrogen (secondary N) is 2. The van der Waals surface area contributed by atoms with Crippen molar-refractivity contribution in [1.29, 1.82) is 0 Å². The molecular weight excluding hydrogens is 296 g/mol. The Kier molecular flexibility index (Phi) is 5.71. The zero-order valence-electron chi connectivity index (χ0n) is 12.7. The molecule has 6 nitrogen and oxygen atoms in total. The van der Waals surface area contributed by atoms with Gasteiger partial charge in [0, 0.05) is 12.2 Å². The number of carbonyl (C=O) groups excluding carboxylic acids is 2. The first-order valence-electron chi connectivity index (χ1n) is 7.06. The summed E-state index contributed by atoms with van der Waals surface area (Å²) >= 11 is 0. The third kappa shape index (κ3) is 4.82. The highest BCUT2D eigenvalue weighted by Crippen LogP contribution is 2.15. The summed E-state index contributed by atoms with van der Waals surface area (Å²) in [6.07, 6.45) is -0.867. The van der Waals surface area contributed by atoms with Gasteiger partial charge in [-0.2, -0.15) is 0 Å². The number of benzene rings is 2. The zero-order valence-corrected chi connectivity index (χ0v) is 12.7. The quantitative estimate of drug-likeness (QED) is 0.730. The van der Waals surface area contributed by atoms with Gasteiger partial charge >= 0.3 is 11.8 Å². The van der Waals surface area contributed by atoms with Crippen LogP contribution in [0.5, 0.6) is 5.75 Å². The highest BCUT2D eigenvalue weighted by Gasteiger charge is 2.15. The molecule has 0 spiro atoms. The topological polar surface area (TPSA) is 87.7 Å². The minimum atomic E-state index is -0.867. The maximum Gasteiger partial charge on any atom is 0.313 e. The Labute approximate surface area is 134 Å². The molecule has 23 heavy (non-hydrogen) atoms. The van der Waals surface area contributed by atoms with E-state index in [1.807, 2.05) is 6.07 Å². The van der Waals surface area contributed by atoms with E-state index in [9.17, 15) is 14.7 Å². The molecule has 120 valence electrons. The second kappa shape index (κ2) is 7.95. The summed E-state index contributed by atoms with van der Waals surface area (Å²) in [6.45, 7) is -0.0428. The van der Waals surface area contributed by atoms with Gasteiger partial charge in [-0.1, -0.05) is 30.3 Å². The van der Waals surface area contributed by atoms with Gasteiger partial charge < -0.3 is 20.5 Å². The summed E-state index contributed by atoms with van der Waals surface area (Å²) in [6, 6.07) is 15.5. The van der Waals surface area contributed by atoms with Crippen LogP contribution in [0.4, 0.5) is 5.69 Å². The lowest BCUT2D eigenvalue weighted by atomic mass is 10.1. The van der Waals surface area contributed by atoms with E-state index in [1.54, 1.807) is 55.6 Å². The molecule has 0 heterocycles. The number of aliphatic hydroxyl groups is 1. The molecule has 0 aliphatic rings. The molecular formula is C17H18N2O4. The number of carbonyl (C=O) groups is 2. The maximum absolute atomic E-state index is 11.8. The van der Waals surface area contributed by atoms with Gasteiger partial charge in [-0.25, -0.2) is 0 Å². The number of amides is 2. The van der Waals surface area contributed by atoms with Crippen LogP contribution in [0.2, 0.25) is 0 Å². The molecule has 0 aliphatic heterocycles. The van der Waals surface area contributed by atoms with Gasteiger partial charge in [-0.3, -0.25) is 9.59 Å². The van der Waals surface area contributed by atoms with Gasteiger partial charge in [-0.05, 0) is 29.8 Å². The number of ether oxygens (including phenoxy) is 1. The minimum absolute atomic E-state index is 0.0428. The first-order valence-corrected chi connectivity index (χ1v) is 7.06. The highest BCUT2D eigenvalue weighted by molar-refractivity contribution is 6.39. The molecule has 0 aromatic heterocycles. The van der Waals surface area contributed by atoms with Crippen LogP contribution in [0.1, 0.15) is 11.7 Å². The fraction of sp³-hybridized carbons (Fsp3) is 0.176. The highest BCUT2D eigenvalue weighted by atomic mass is 16.5. The Morgan fingerprint density at radius 2 is 1.70 bits per heavy atom. The molecule has 0 aliphatic carbocycles. The van der Waals surface area contributed by atoms with Crippen molar-refractivity contribution < 1.29 is 19.4 Å². The Morgan fingerprint density at radius 1 is 1.04 bits per heavy atom. The molecule has 2 aromatic rings. The van der Waals surface area contributed by atoms with E-state index >= 15 is 0 Å². The van der Waals surface area contributed by atoms with Crippen molar-refractivity contribution in [3.8, 4) is 5.75 Å². The minimum Gasteiger partial charge on any atom is -0.497 e. The van der Waals surface area contributed by atoms with Crippen LogP contribution in [0.25, 0.3) is 0 Å². The molecule has 2 amide bonds. The molecule has 2 aromatic carbocycles. The molecule has 0 saturated carbocycles. The predicted molar refractivity (Wildman–Crippen MR) is 86.0 cm³/mol. The van der Waals surface area contributed by atoms with E-state index in [2.05, 4.69) is 10.6 Å². The third-order valence-electron chi connectivity index (χ3n) is 3.19. The van der Waals surface area contributed by atoms with E-state index in [4.69, 9.17) is 4.74 Å². The molecule has 0 saturated heterocycles. The molecule has 0 fully saturated rings. The molecule has 2 rings (SSSR count). The normalized spacial score (nSPS) is 11.4. The summed E-state index contributed by atoms with van der Waals surface area (Å²) in [5.41, 5.74) is 1.15. The lowest BCUT2D eigenvalue weighted by Gasteiger charge is -2.12. The Morgan fingerprint density at radius 3 is 2.30 bits per heavy atom. The van der Waals surface area contributed by atoms with Gasteiger partial charge in [0.05, 0.1) is 13.2 Å². The average Bonchev–Trinajstić information content (AvgIpc) is 2.60. The number of rotatable bonds is 5. The second-order valence-electron chi connectivity index (χ2n) is 4.82. The van der Waals surface area contributed by atoms with Crippen LogP contribution >= 0.6 is 0 Å². The smallest absolute Gasteiger partial charge is 0.313 e. The number of anilines is 1. The third-order valence-corrected chi connectivity index (χ3v) is 3.19. The van der Waals surface area contributed by atoms with Gasteiger partial charge in [0.15, 0.2) is 0 Å². The monoisotopic (exact) mass is 314 g/mol. The number of hydrogen-bond donors (Lipinski definition) is 3. The number of hydrogen-bond acceptors (Lipinski definition) is 4. The first-order chi connectivity index (χ1) is 11.1. The van der Waals surface area contributed by atoms with Gasteiger partial charge in [0.2, 0.25) is 0 Å². The lowest BCUT2D eigenvalue weighted by molar-refractivity contribution is -0.136. The van der Waals surface area contributed by atoms with Gasteiger partial charge in [0.1, 0.15) is 5.75 Å². The van der Waals surface area contributed by atoms with Crippen LogP contribution in [-0.4, -0.2) is 30.6 Å². The molecule has 1 atom stereocenters. The van der Waals surface area contributed by atoms with E-state index in [1.165, 1.54) is 0 Å². The second-order valence-corrected chi connectivity index (χ2v) is 4.82. The van der Waals surface area contributed by atoms with Crippen molar-refractivity contribution in [2.24, 2.45) is 0 Å². The SMILES string of the molecule is COc1ccc(NC(=O)C(=O)NC[C@H](O)c2ccccc2)cc1. The van der Waals surface area contributed by atoms with Crippen molar-refractivity contribution in [3.05, 3.63) is 60.2 Å². The van der Waals surface area contributed by atoms with Crippen LogP contribution in [-0.2, 0) is 9.59 Å². The van der Waals surface area contributed by atoms with Crippen LogP contribution in [0.15, 0.2) is 54.6 Å². The molecule has 0 unspecified atom stereocenters. The van der Waals surface area contributed by atoms with Crippen LogP contribution < -0.4 is 15.4 Å². The first kappa shape index (κ1) is 16.5. The summed E-state index contributed by atoms with van der Waals surface area (Å²) in [7, 11) is 1.54. The molecule has 3 N–H and O–H groups in total. The van der Waals surface area contributed by atoms with E-state index in [0.717, 1.165) is 0 Å². The number of aliphatic hydroxyl groups excluding tert-OH is 1. The van der Waals surface area contributed by atoms with Crippen molar-refractivity contribution in [3.63, 3.8) is 0 Å². The van der Waals surface area contributed by atoms with E-state index < -0.39 is 17.9 Å². The molecule has 0 radical (unpaired) electrons. The van der Waals surface area contributed by atoms with Crippen molar-refractivity contribution in [1.82, 2.24) is 5.32 Å². The molecule has 6 heteroatoms. The van der Waals surface area contributed by atoms with E-state index in [-0.39, 0.29) is 6.54 Å². The number of methoxy groups -OCH3 is 1. The van der Waals surface area contributed by atoms with Crippen molar-refractivity contribution >= 4 is 17.5 Å². The van der Waals surface area contributed by atoms with Crippen molar-refractivity contribution in [2.75, 3.05) is 19.0 Å². The predicted octanol–water partition coefficient (Wildman–Crippen LogP) is 1.48. The molecule has 0 bridgehead atoms. The van der Waals surface area contributed by atoms with Gasteiger partial charge in [-0.15, -0.1) is 0 Å². The Balaban J connectivity index is 1.83. The maximum atomic E-state index is 11.8. The van der Waals surface area contributed by atoms with Crippen molar-refractivity contribution in [2.45, 2.75) is 6.10 Å². The fourth-order valence-electron chi connectivity index (χ4n) is 1.92. The Bertz CT molecular complexity index is 656. The lowest BCUT2D eigenvalue weighted by Crippen LogP contribution is -2.37. The summed E-state index contributed by atoms with van der Waals surface area (Å²) < 4.78 is 5.01. The average molecular weight is 314 g/mol. The summed E-state index contributed by atoms with van der Waals surface area (Å²) in [4.78, 5) is 23.5. The largest absolute Gasteiger partial charge is 0.497 e. The van der Waals surface area contributed by atoms with E-state index in [0.29, 0.717) is 17.0 Å². The Hall–Kier alpha value is -2.86. The summed E-state index contributed by atoms with van der Waals surface area (Å²) in [5, 5.41) is 14.8.